The lowest BCUT2D eigenvalue weighted by Gasteiger charge is -2.14. The van der Waals surface area contributed by atoms with Crippen molar-refractivity contribution in [2.75, 3.05) is 11.9 Å². The topological polar surface area (TPSA) is 41.1 Å². The summed E-state index contributed by atoms with van der Waals surface area (Å²) < 4.78 is 1.99. The molecule has 0 bridgehead atoms. The summed E-state index contributed by atoms with van der Waals surface area (Å²) in [5, 5.41) is 6.07. The number of amides is 1. The van der Waals surface area contributed by atoms with Crippen LogP contribution in [0.2, 0.25) is 0 Å². The van der Waals surface area contributed by atoms with Crippen LogP contribution in [0.3, 0.4) is 0 Å². The SMILES string of the molecule is C[C@H](NCC(=O)Nc1cccc(Br)c1)c1ccc(Br)cc1. The van der Waals surface area contributed by atoms with Gasteiger partial charge in [-0.2, -0.15) is 0 Å². The lowest BCUT2D eigenvalue weighted by atomic mass is 10.1. The van der Waals surface area contributed by atoms with Crippen molar-refractivity contribution in [1.29, 1.82) is 0 Å². The number of halogens is 2. The van der Waals surface area contributed by atoms with E-state index in [1.807, 2.05) is 55.5 Å². The minimum atomic E-state index is -0.0583. The Labute approximate surface area is 141 Å². The number of nitrogens with one attached hydrogen (secondary N) is 2. The molecule has 2 aromatic carbocycles. The number of hydrogen-bond donors (Lipinski definition) is 2. The molecule has 0 heterocycles. The van der Waals surface area contributed by atoms with E-state index in [1.54, 1.807) is 0 Å². The Kier molecular flexibility index (Phi) is 5.96. The molecule has 0 aliphatic rings. The zero-order chi connectivity index (χ0) is 15.2. The molecule has 1 atom stereocenters. The molecule has 0 aliphatic heterocycles. The minimum Gasteiger partial charge on any atom is -0.325 e. The third kappa shape index (κ3) is 5.26. The van der Waals surface area contributed by atoms with E-state index in [1.165, 1.54) is 0 Å². The molecule has 0 fully saturated rings. The highest BCUT2D eigenvalue weighted by molar-refractivity contribution is 9.10. The second-order valence-electron chi connectivity index (χ2n) is 4.71. The smallest absolute Gasteiger partial charge is 0.238 e. The molecule has 0 aromatic heterocycles. The van der Waals surface area contributed by atoms with Crippen molar-refractivity contribution in [2.24, 2.45) is 0 Å². The molecule has 110 valence electrons. The van der Waals surface area contributed by atoms with Gasteiger partial charge in [-0.3, -0.25) is 4.79 Å². The molecule has 0 aliphatic carbocycles. The van der Waals surface area contributed by atoms with Gasteiger partial charge in [-0.15, -0.1) is 0 Å². The number of anilines is 1. The van der Waals surface area contributed by atoms with Crippen LogP contribution in [0.5, 0.6) is 0 Å². The monoisotopic (exact) mass is 410 g/mol. The fourth-order valence-electron chi connectivity index (χ4n) is 1.89. The standard InChI is InChI=1S/C16H16Br2N2O/c1-11(12-5-7-13(17)8-6-12)19-10-16(21)20-15-4-2-3-14(18)9-15/h2-9,11,19H,10H2,1H3,(H,20,21)/t11-/m0/s1. The molecular weight excluding hydrogens is 396 g/mol. The molecule has 0 spiro atoms. The quantitative estimate of drug-likeness (QED) is 0.760. The Hall–Kier alpha value is -1.17. The van der Waals surface area contributed by atoms with E-state index in [9.17, 15) is 4.79 Å². The highest BCUT2D eigenvalue weighted by atomic mass is 79.9. The molecule has 0 unspecified atom stereocenters. The number of carbonyl (C=O) groups excluding carboxylic acids is 1. The first kappa shape index (κ1) is 16.2. The first-order valence-corrected chi connectivity index (χ1v) is 8.17. The maximum absolute atomic E-state index is 11.9. The number of carbonyl (C=O) groups is 1. The largest absolute Gasteiger partial charge is 0.325 e. The van der Waals surface area contributed by atoms with Crippen molar-refractivity contribution >= 4 is 43.5 Å². The van der Waals surface area contributed by atoms with Gasteiger partial charge in [-0.1, -0.05) is 50.1 Å². The molecule has 0 saturated heterocycles. The van der Waals surface area contributed by atoms with Crippen molar-refractivity contribution in [2.45, 2.75) is 13.0 Å². The number of benzene rings is 2. The molecule has 2 N–H and O–H groups in total. The minimum absolute atomic E-state index is 0.0583. The van der Waals surface area contributed by atoms with Gasteiger partial charge in [-0.25, -0.2) is 0 Å². The van der Waals surface area contributed by atoms with Crippen LogP contribution in [0.1, 0.15) is 18.5 Å². The molecule has 21 heavy (non-hydrogen) atoms. The summed E-state index contributed by atoms with van der Waals surface area (Å²) in [7, 11) is 0. The summed E-state index contributed by atoms with van der Waals surface area (Å²) in [4.78, 5) is 11.9. The average Bonchev–Trinajstić information content (AvgIpc) is 2.45. The van der Waals surface area contributed by atoms with E-state index in [0.29, 0.717) is 0 Å². The Morgan fingerprint density at radius 1 is 1.10 bits per heavy atom. The summed E-state index contributed by atoms with van der Waals surface area (Å²) >= 11 is 6.79. The molecule has 1 amide bonds. The van der Waals surface area contributed by atoms with Gasteiger partial charge >= 0.3 is 0 Å². The van der Waals surface area contributed by atoms with Gasteiger partial charge < -0.3 is 10.6 Å². The highest BCUT2D eigenvalue weighted by Crippen LogP contribution is 2.17. The summed E-state index contributed by atoms with van der Waals surface area (Å²) in [6.07, 6.45) is 0. The van der Waals surface area contributed by atoms with Crippen molar-refractivity contribution in [1.82, 2.24) is 5.32 Å². The fraction of sp³-hybridized carbons (Fsp3) is 0.188. The van der Waals surface area contributed by atoms with E-state index < -0.39 is 0 Å². The van der Waals surface area contributed by atoms with Crippen molar-refractivity contribution in [3.8, 4) is 0 Å². The van der Waals surface area contributed by atoms with Gasteiger partial charge in [0.15, 0.2) is 0 Å². The Bertz CT molecular complexity index is 614. The Balaban J connectivity index is 1.84. The second kappa shape index (κ2) is 7.73. The fourth-order valence-corrected chi connectivity index (χ4v) is 2.55. The second-order valence-corrected chi connectivity index (χ2v) is 6.54. The molecular formula is C16H16Br2N2O. The van der Waals surface area contributed by atoms with E-state index in [-0.39, 0.29) is 18.5 Å². The summed E-state index contributed by atoms with van der Waals surface area (Å²) in [6, 6.07) is 15.7. The lowest BCUT2D eigenvalue weighted by molar-refractivity contribution is -0.115. The van der Waals surface area contributed by atoms with E-state index in [2.05, 4.69) is 42.5 Å². The summed E-state index contributed by atoms with van der Waals surface area (Å²) in [5.74, 6) is -0.0583. The van der Waals surface area contributed by atoms with Gasteiger partial charge in [0.1, 0.15) is 0 Å². The molecule has 2 aromatic rings. The number of hydrogen-bond acceptors (Lipinski definition) is 2. The van der Waals surface area contributed by atoms with Gasteiger partial charge in [-0.05, 0) is 42.8 Å². The lowest BCUT2D eigenvalue weighted by Crippen LogP contribution is -2.30. The average molecular weight is 412 g/mol. The van der Waals surface area contributed by atoms with Crippen LogP contribution in [0.15, 0.2) is 57.5 Å². The maximum Gasteiger partial charge on any atom is 0.238 e. The predicted molar refractivity (Wildman–Crippen MR) is 93.3 cm³/mol. The molecule has 0 saturated carbocycles. The van der Waals surface area contributed by atoms with Crippen LogP contribution in [0.25, 0.3) is 0 Å². The molecule has 0 radical (unpaired) electrons. The van der Waals surface area contributed by atoms with E-state index in [4.69, 9.17) is 0 Å². The van der Waals surface area contributed by atoms with E-state index >= 15 is 0 Å². The van der Waals surface area contributed by atoms with Crippen LogP contribution < -0.4 is 10.6 Å². The van der Waals surface area contributed by atoms with Crippen molar-refractivity contribution in [3.63, 3.8) is 0 Å². The third-order valence-corrected chi connectivity index (χ3v) is 4.07. The zero-order valence-electron chi connectivity index (χ0n) is 11.6. The normalized spacial score (nSPS) is 12.0. The van der Waals surface area contributed by atoms with E-state index in [0.717, 1.165) is 20.2 Å². The summed E-state index contributed by atoms with van der Waals surface area (Å²) in [5.41, 5.74) is 1.93. The van der Waals surface area contributed by atoms with Gasteiger partial charge in [0, 0.05) is 20.7 Å². The summed E-state index contributed by atoms with van der Waals surface area (Å²) in [6.45, 7) is 2.30. The van der Waals surface area contributed by atoms with Crippen molar-refractivity contribution < 1.29 is 4.79 Å². The van der Waals surface area contributed by atoms with Gasteiger partial charge in [0.05, 0.1) is 6.54 Å². The van der Waals surface area contributed by atoms with Gasteiger partial charge in [0.2, 0.25) is 5.91 Å². The Morgan fingerprint density at radius 2 is 1.81 bits per heavy atom. The van der Waals surface area contributed by atoms with Crippen LogP contribution in [0.4, 0.5) is 5.69 Å². The third-order valence-electron chi connectivity index (χ3n) is 3.05. The zero-order valence-corrected chi connectivity index (χ0v) is 14.7. The highest BCUT2D eigenvalue weighted by Gasteiger charge is 2.08. The molecule has 3 nitrogen and oxygen atoms in total. The Morgan fingerprint density at radius 3 is 2.48 bits per heavy atom. The van der Waals surface area contributed by atoms with Crippen LogP contribution in [0, 0.1) is 0 Å². The van der Waals surface area contributed by atoms with Crippen LogP contribution >= 0.6 is 31.9 Å². The molecule has 5 heteroatoms. The van der Waals surface area contributed by atoms with Crippen LogP contribution in [-0.4, -0.2) is 12.5 Å². The van der Waals surface area contributed by atoms with Crippen molar-refractivity contribution in [3.05, 3.63) is 63.0 Å². The van der Waals surface area contributed by atoms with Gasteiger partial charge in [0.25, 0.3) is 0 Å². The maximum atomic E-state index is 11.9. The first-order valence-electron chi connectivity index (χ1n) is 6.59. The molecule has 2 rings (SSSR count). The first-order chi connectivity index (χ1) is 10.0. The predicted octanol–water partition coefficient (Wildman–Crippen LogP) is 4.50. The van der Waals surface area contributed by atoms with Crippen LogP contribution in [-0.2, 0) is 4.79 Å². The number of rotatable bonds is 5.